The van der Waals surface area contributed by atoms with Crippen LogP contribution in [0.5, 0.6) is 0 Å². The molecule has 0 spiro atoms. The monoisotopic (exact) mass is 705 g/mol. The third-order valence-corrected chi connectivity index (χ3v) is 7.87. The van der Waals surface area contributed by atoms with Gasteiger partial charge >= 0.3 is 11.8 Å². The van der Waals surface area contributed by atoms with E-state index in [1.165, 1.54) is 6.92 Å². The molecule has 17 nitrogen and oxygen atoms in total. The second-order valence-corrected chi connectivity index (χ2v) is 12.2. The fourth-order valence-electron chi connectivity index (χ4n) is 5.38. The zero-order valence-corrected chi connectivity index (χ0v) is 28.6. The van der Waals surface area contributed by atoms with Crippen LogP contribution >= 0.6 is 0 Å². The minimum atomic E-state index is -1.47. The minimum absolute atomic E-state index is 0.0225. The Kier molecular flexibility index (Phi) is 11.7. The number of esters is 1. The number of aromatic nitrogens is 6. The minimum Gasteiger partial charge on any atom is -0.453 e. The van der Waals surface area contributed by atoms with Crippen LogP contribution < -0.4 is 5.82 Å². The second-order valence-electron chi connectivity index (χ2n) is 12.2. The zero-order valence-electron chi connectivity index (χ0n) is 28.6. The maximum Gasteiger partial charge on any atom is 0.519 e. The summed E-state index contributed by atoms with van der Waals surface area (Å²) in [7, 11) is 0. The van der Waals surface area contributed by atoms with Crippen molar-refractivity contribution in [3.05, 3.63) is 93.4 Å². The van der Waals surface area contributed by atoms with Crippen LogP contribution in [0, 0.1) is 6.92 Å². The second kappa shape index (κ2) is 16.1. The fraction of sp³-hybridized carbons (Fsp3) is 0.382. The predicted molar refractivity (Wildman–Crippen MR) is 176 cm³/mol. The van der Waals surface area contributed by atoms with Crippen molar-refractivity contribution in [2.45, 2.75) is 78.6 Å². The standard InChI is InChI=1S/C34H39N7O10/c1-5-10-27-35-30(34(3,4)45)29(32(43)48-20-26-21(2)50-33(44)51-26)39(27)19-22-14-16-23(17-15-22)24-11-6-7-12-25(24)31-36-38-40(37-31)28(42)13-8-9-18-49-41(46)47/h6-7,11-12,14-17,45-47H,5,8-10,13,18-20H2,1-4H3. The van der Waals surface area contributed by atoms with Crippen molar-refractivity contribution in [1.82, 2.24) is 35.1 Å². The smallest absolute Gasteiger partial charge is 0.453 e. The molecular formula is C34H39N7O10. The van der Waals surface area contributed by atoms with Crippen LogP contribution in [0.4, 0.5) is 0 Å². The molecule has 0 bridgehead atoms. The largest absolute Gasteiger partial charge is 0.519 e. The number of hydrogen-bond donors (Lipinski definition) is 3. The number of benzene rings is 2. The van der Waals surface area contributed by atoms with Crippen LogP contribution in [0.25, 0.3) is 22.5 Å². The van der Waals surface area contributed by atoms with E-state index in [0.29, 0.717) is 30.7 Å². The van der Waals surface area contributed by atoms with Crippen molar-refractivity contribution in [3.8, 4) is 22.5 Å². The summed E-state index contributed by atoms with van der Waals surface area (Å²) in [5.41, 5.74) is 1.92. The molecule has 2 aromatic carbocycles. The summed E-state index contributed by atoms with van der Waals surface area (Å²) in [4.78, 5) is 47.8. The number of nitrogens with zero attached hydrogens (tertiary/aromatic N) is 7. The normalized spacial score (nSPS) is 11.8. The maximum absolute atomic E-state index is 13.6. The van der Waals surface area contributed by atoms with Crippen molar-refractivity contribution in [2.24, 2.45) is 0 Å². The lowest BCUT2D eigenvalue weighted by atomic mass is 9.98. The van der Waals surface area contributed by atoms with E-state index in [2.05, 4.69) is 25.2 Å². The lowest BCUT2D eigenvalue weighted by Crippen LogP contribution is -2.23. The van der Waals surface area contributed by atoms with E-state index in [9.17, 15) is 19.5 Å². The van der Waals surface area contributed by atoms with E-state index < -0.39 is 17.4 Å². The van der Waals surface area contributed by atoms with E-state index in [1.54, 1.807) is 18.4 Å². The molecule has 270 valence electrons. The quantitative estimate of drug-likeness (QED) is 0.0732. The first kappa shape index (κ1) is 36.9. The van der Waals surface area contributed by atoms with Crippen LogP contribution in [-0.4, -0.2) is 69.2 Å². The van der Waals surface area contributed by atoms with Gasteiger partial charge in [-0.1, -0.05) is 60.3 Å². The van der Waals surface area contributed by atoms with E-state index in [4.69, 9.17) is 24.0 Å². The van der Waals surface area contributed by atoms with Gasteiger partial charge in [-0.05, 0) is 61.9 Å². The number of hydrogen-bond acceptors (Lipinski definition) is 15. The van der Waals surface area contributed by atoms with Gasteiger partial charge in [0.15, 0.2) is 23.8 Å². The Morgan fingerprint density at radius 1 is 1.02 bits per heavy atom. The number of carbonyl (C=O) groups excluding carboxylic acids is 2. The van der Waals surface area contributed by atoms with Crippen LogP contribution in [0.15, 0.2) is 62.2 Å². The van der Waals surface area contributed by atoms with Crippen molar-refractivity contribution >= 4 is 11.9 Å². The molecule has 0 aliphatic rings. The van der Waals surface area contributed by atoms with Crippen molar-refractivity contribution < 1.29 is 43.5 Å². The highest BCUT2D eigenvalue weighted by Crippen LogP contribution is 2.31. The fourth-order valence-corrected chi connectivity index (χ4v) is 5.38. The molecule has 0 amide bonds. The van der Waals surface area contributed by atoms with Crippen molar-refractivity contribution in [1.29, 1.82) is 0 Å². The Morgan fingerprint density at radius 2 is 1.75 bits per heavy atom. The molecule has 5 rings (SSSR count). The van der Waals surface area contributed by atoms with Crippen LogP contribution in [0.3, 0.4) is 0 Å². The maximum atomic E-state index is 13.6. The first-order valence-electron chi connectivity index (χ1n) is 16.3. The zero-order chi connectivity index (χ0) is 36.7. The first-order valence-corrected chi connectivity index (χ1v) is 16.3. The van der Waals surface area contributed by atoms with Crippen LogP contribution in [-0.2, 0) is 34.7 Å². The highest BCUT2D eigenvalue weighted by atomic mass is 17.1. The van der Waals surface area contributed by atoms with Gasteiger partial charge in [0.1, 0.15) is 17.1 Å². The SMILES string of the molecule is CCCc1nc(C(C)(C)O)c(C(=O)OCc2oc(=O)oc2C)n1Cc1ccc(-c2ccccc2-c2nnn(C(=O)CCCCON(O)O)n2)cc1. The molecule has 0 saturated heterocycles. The van der Waals surface area contributed by atoms with E-state index in [-0.39, 0.29) is 66.2 Å². The molecule has 3 heterocycles. The van der Waals surface area contributed by atoms with Gasteiger partial charge in [-0.2, -0.15) is 0 Å². The Bertz CT molecular complexity index is 2020. The van der Waals surface area contributed by atoms with Gasteiger partial charge in [-0.15, -0.1) is 10.2 Å². The van der Waals surface area contributed by atoms with Gasteiger partial charge in [-0.25, -0.2) is 14.6 Å². The van der Waals surface area contributed by atoms with Gasteiger partial charge in [0, 0.05) is 24.9 Å². The summed E-state index contributed by atoms with van der Waals surface area (Å²) >= 11 is 0. The molecule has 0 fully saturated rings. The number of aryl methyl sites for hydroxylation is 2. The highest BCUT2D eigenvalue weighted by Gasteiger charge is 2.33. The first-order chi connectivity index (χ1) is 24.3. The lowest BCUT2D eigenvalue weighted by molar-refractivity contribution is -0.492. The molecule has 17 heteroatoms. The predicted octanol–water partition coefficient (Wildman–Crippen LogP) is 4.47. The highest BCUT2D eigenvalue weighted by molar-refractivity contribution is 5.89. The lowest BCUT2D eigenvalue weighted by Gasteiger charge is -2.17. The summed E-state index contributed by atoms with van der Waals surface area (Å²) < 4.78 is 17.1. The Hall–Kier alpha value is -5.33. The summed E-state index contributed by atoms with van der Waals surface area (Å²) in [6, 6.07) is 15.1. The molecule has 5 aromatic rings. The summed E-state index contributed by atoms with van der Waals surface area (Å²) in [6.45, 7) is 6.53. The molecule has 3 aromatic heterocycles. The van der Waals surface area contributed by atoms with Gasteiger partial charge in [0.05, 0.1) is 12.0 Å². The molecule has 51 heavy (non-hydrogen) atoms. The van der Waals surface area contributed by atoms with E-state index >= 15 is 0 Å². The topological polar surface area (TPSA) is 221 Å². The third-order valence-electron chi connectivity index (χ3n) is 7.87. The van der Waals surface area contributed by atoms with E-state index in [0.717, 1.165) is 27.9 Å². The van der Waals surface area contributed by atoms with Gasteiger partial charge < -0.3 is 23.2 Å². The molecule has 0 aliphatic carbocycles. The molecule has 0 aliphatic heterocycles. The van der Waals surface area contributed by atoms with Crippen molar-refractivity contribution in [2.75, 3.05) is 6.61 Å². The van der Waals surface area contributed by atoms with Gasteiger partial charge in [0.25, 0.3) is 5.91 Å². The number of tetrazole rings is 1. The average molecular weight is 706 g/mol. The number of aliphatic hydroxyl groups is 1. The molecule has 3 N–H and O–H groups in total. The number of unbranched alkanes of at least 4 members (excludes halogenated alkanes) is 1. The number of rotatable bonds is 16. The average Bonchev–Trinajstić information content (AvgIpc) is 3.81. The molecule has 0 unspecified atom stereocenters. The van der Waals surface area contributed by atoms with Crippen LogP contribution in [0.1, 0.15) is 90.3 Å². The van der Waals surface area contributed by atoms with Gasteiger partial charge in [0.2, 0.25) is 5.82 Å². The summed E-state index contributed by atoms with van der Waals surface area (Å²) in [6.07, 6.45) is 2.20. The Labute approximate surface area is 291 Å². The molecular weight excluding hydrogens is 666 g/mol. The van der Waals surface area contributed by atoms with Crippen molar-refractivity contribution in [3.63, 3.8) is 0 Å². The molecule has 0 radical (unpaired) electrons. The summed E-state index contributed by atoms with van der Waals surface area (Å²) in [5.74, 6) is -0.876. The van der Waals surface area contributed by atoms with E-state index in [1.807, 2.05) is 55.5 Å². The Balaban J connectivity index is 1.37. The Morgan fingerprint density at radius 3 is 2.39 bits per heavy atom. The molecule has 0 saturated carbocycles. The summed E-state index contributed by atoms with van der Waals surface area (Å²) in [5, 5.41) is 40.2. The number of imidazole rings is 1. The molecule has 0 atom stereocenters. The third kappa shape index (κ3) is 9.07. The van der Waals surface area contributed by atoms with Gasteiger partial charge in [-0.3, -0.25) is 20.0 Å². The number of carbonyl (C=O) groups is 2. The number of ether oxygens (including phenoxy) is 1. The van der Waals surface area contributed by atoms with Crippen LogP contribution in [0.2, 0.25) is 0 Å².